The zero-order valence-electron chi connectivity index (χ0n) is 8.84. The lowest BCUT2D eigenvalue weighted by Gasteiger charge is -1.96. The number of aryl methyl sites for hydroxylation is 2. The number of hydrogen-bond donors (Lipinski definition) is 1. The summed E-state index contributed by atoms with van der Waals surface area (Å²) >= 11 is 0. The van der Waals surface area contributed by atoms with Gasteiger partial charge in [0.1, 0.15) is 5.82 Å². The molecule has 0 saturated carbocycles. The van der Waals surface area contributed by atoms with E-state index < -0.39 is 16.5 Å². The van der Waals surface area contributed by atoms with E-state index in [-0.39, 0.29) is 5.95 Å². The molecule has 0 spiro atoms. The Balaban J connectivity index is 2.86. The smallest absolute Gasteiger partial charge is 0.272 e. The number of nitrogens with zero attached hydrogens (tertiary/aromatic N) is 4. The number of urea groups is 1. The van der Waals surface area contributed by atoms with E-state index in [2.05, 4.69) is 19.8 Å². The van der Waals surface area contributed by atoms with Gasteiger partial charge in [0.15, 0.2) is 0 Å². The number of aromatic nitrogens is 3. The Bertz CT molecular complexity index is 489. The standard InChI is InChI=1S/C7H11N5O3S/c1-3-5-8-6(10-12(5)4-2)9-7(13)11-16(14)15/h3-4H2,1-2H3,(H,9,10,13). The van der Waals surface area contributed by atoms with Gasteiger partial charge in [-0.25, -0.2) is 9.48 Å². The molecule has 0 aliphatic rings. The first-order chi connectivity index (χ1) is 7.56. The summed E-state index contributed by atoms with van der Waals surface area (Å²) in [5.74, 6) is 0.763. The van der Waals surface area contributed by atoms with Gasteiger partial charge in [-0.15, -0.1) is 5.10 Å². The highest BCUT2D eigenvalue weighted by Gasteiger charge is 2.09. The highest BCUT2D eigenvalue weighted by Crippen LogP contribution is 2.04. The van der Waals surface area contributed by atoms with Crippen LogP contribution in [-0.4, -0.2) is 29.2 Å². The van der Waals surface area contributed by atoms with Crippen molar-refractivity contribution in [1.82, 2.24) is 14.8 Å². The first-order valence-electron chi connectivity index (χ1n) is 4.62. The van der Waals surface area contributed by atoms with Crippen LogP contribution in [0.2, 0.25) is 0 Å². The monoisotopic (exact) mass is 245 g/mol. The van der Waals surface area contributed by atoms with Crippen molar-refractivity contribution in [3.05, 3.63) is 5.82 Å². The van der Waals surface area contributed by atoms with Crippen molar-refractivity contribution in [3.8, 4) is 0 Å². The van der Waals surface area contributed by atoms with Crippen LogP contribution in [0.5, 0.6) is 0 Å². The number of carbonyl (C=O) groups is 1. The van der Waals surface area contributed by atoms with E-state index in [1.54, 1.807) is 4.68 Å². The third kappa shape index (κ3) is 3.12. The molecule has 0 aliphatic heterocycles. The molecular weight excluding hydrogens is 234 g/mol. The molecule has 8 nitrogen and oxygen atoms in total. The fraction of sp³-hybridized carbons (Fsp3) is 0.571. The molecule has 0 aliphatic carbocycles. The molecule has 0 bridgehead atoms. The Kier molecular flexibility index (Phi) is 4.11. The number of hydrogen-bond acceptors (Lipinski definition) is 5. The Morgan fingerprint density at radius 1 is 1.50 bits per heavy atom. The lowest BCUT2D eigenvalue weighted by molar-refractivity contribution is 0.259. The van der Waals surface area contributed by atoms with Crippen LogP contribution in [0.4, 0.5) is 10.7 Å². The quantitative estimate of drug-likeness (QED) is 0.832. The number of amides is 2. The minimum absolute atomic E-state index is 0.0536. The molecule has 88 valence electrons. The van der Waals surface area contributed by atoms with Gasteiger partial charge < -0.3 is 0 Å². The van der Waals surface area contributed by atoms with Crippen LogP contribution in [0, 0.1) is 0 Å². The maximum absolute atomic E-state index is 11.0. The van der Waals surface area contributed by atoms with Crippen molar-refractivity contribution >= 4 is 22.5 Å². The molecule has 0 atom stereocenters. The van der Waals surface area contributed by atoms with E-state index in [4.69, 9.17) is 0 Å². The maximum Gasteiger partial charge on any atom is 0.362 e. The van der Waals surface area contributed by atoms with Gasteiger partial charge in [-0.2, -0.15) is 13.4 Å². The van der Waals surface area contributed by atoms with Crippen LogP contribution in [0.25, 0.3) is 0 Å². The van der Waals surface area contributed by atoms with Gasteiger partial charge in [0.05, 0.1) is 0 Å². The van der Waals surface area contributed by atoms with Gasteiger partial charge >= 0.3 is 16.5 Å². The average molecular weight is 245 g/mol. The predicted octanol–water partition coefficient (Wildman–Crippen LogP) is 0.455. The van der Waals surface area contributed by atoms with Crippen LogP contribution < -0.4 is 5.32 Å². The summed E-state index contributed by atoms with van der Waals surface area (Å²) in [4.78, 5) is 15.0. The number of carbonyl (C=O) groups excluding carboxylic acids is 1. The van der Waals surface area contributed by atoms with Crippen molar-refractivity contribution in [2.24, 2.45) is 4.36 Å². The highest BCUT2D eigenvalue weighted by atomic mass is 32.2. The fourth-order valence-electron chi connectivity index (χ4n) is 1.13. The molecule has 9 heteroatoms. The van der Waals surface area contributed by atoms with E-state index in [0.717, 1.165) is 0 Å². The van der Waals surface area contributed by atoms with E-state index in [1.807, 2.05) is 13.8 Å². The number of rotatable bonds is 3. The third-order valence-corrected chi connectivity index (χ3v) is 2.06. The Morgan fingerprint density at radius 3 is 2.62 bits per heavy atom. The molecule has 1 N–H and O–H groups in total. The molecule has 0 saturated heterocycles. The van der Waals surface area contributed by atoms with Crippen LogP contribution >= 0.6 is 0 Å². The Hall–Kier alpha value is -1.77. The molecule has 16 heavy (non-hydrogen) atoms. The van der Waals surface area contributed by atoms with Crippen molar-refractivity contribution in [2.45, 2.75) is 26.8 Å². The lowest BCUT2D eigenvalue weighted by atomic mass is 10.4. The molecule has 2 amide bonds. The van der Waals surface area contributed by atoms with Crippen LogP contribution in [0.3, 0.4) is 0 Å². The average Bonchev–Trinajstić information content (AvgIpc) is 2.58. The molecule has 1 aromatic heterocycles. The molecule has 0 aromatic carbocycles. The van der Waals surface area contributed by atoms with Crippen LogP contribution in [0.15, 0.2) is 4.36 Å². The normalized spacial score (nSPS) is 9.88. The first kappa shape index (κ1) is 12.3. The van der Waals surface area contributed by atoms with Gasteiger partial charge in [0.25, 0.3) is 5.95 Å². The summed E-state index contributed by atoms with van der Waals surface area (Å²) < 4.78 is 24.6. The van der Waals surface area contributed by atoms with Crippen molar-refractivity contribution in [3.63, 3.8) is 0 Å². The lowest BCUT2D eigenvalue weighted by Crippen LogP contribution is -2.08. The second-order valence-corrected chi connectivity index (χ2v) is 3.38. The SMILES string of the molecule is CCc1nc(NC(=O)N=S(=O)=O)nn1CC. The second-order valence-electron chi connectivity index (χ2n) is 2.76. The molecule has 1 rings (SSSR count). The summed E-state index contributed by atoms with van der Waals surface area (Å²) in [5.41, 5.74) is 0. The van der Waals surface area contributed by atoms with Crippen LogP contribution in [-0.2, 0) is 23.5 Å². The Morgan fingerprint density at radius 2 is 2.19 bits per heavy atom. The minimum Gasteiger partial charge on any atom is -0.272 e. The maximum atomic E-state index is 11.0. The van der Waals surface area contributed by atoms with Gasteiger partial charge in [0.2, 0.25) is 0 Å². The van der Waals surface area contributed by atoms with Crippen molar-refractivity contribution in [1.29, 1.82) is 0 Å². The third-order valence-electron chi connectivity index (χ3n) is 1.74. The summed E-state index contributed by atoms with van der Waals surface area (Å²) in [7, 11) is -2.77. The molecule has 1 heterocycles. The fourth-order valence-corrected chi connectivity index (χ4v) is 1.31. The largest absolute Gasteiger partial charge is 0.362 e. The second kappa shape index (κ2) is 5.35. The van der Waals surface area contributed by atoms with E-state index in [9.17, 15) is 13.2 Å². The van der Waals surface area contributed by atoms with Crippen molar-refractivity contribution < 1.29 is 13.2 Å². The number of nitrogens with one attached hydrogen (secondary N) is 1. The van der Waals surface area contributed by atoms with E-state index in [1.165, 1.54) is 0 Å². The van der Waals surface area contributed by atoms with Gasteiger partial charge in [-0.1, -0.05) is 11.3 Å². The minimum atomic E-state index is -2.77. The molecule has 0 unspecified atom stereocenters. The first-order valence-corrected chi connectivity index (χ1v) is 5.65. The zero-order chi connectivity index (χ0) is 12.1. The molecular formula is C7H11N5O3S. The van der Waals surface area contributed by atoms with Gasteiger partial charge in [-0.3, -0.25) is 5.32 Å². The molecule has 0 radical (unpaired) electrons. The summed E-state index contributed by atoms with van der Waals surface area (Å²) in [6.07, 6.45) is 0.668. The molecule has 1 aromatic rings. The van der Waals surface area contributed by atoms with Crippen molar-refractivity contribution in [2.75, 3.05) is 5.32 Å². The summed E-state index contributed by atoms with van der Waals surface area (Å²) in [6.45, 7) is 4.41. The van der Waals surface area contributed by atoms with E-state index >= 15 is 0 Å². The van der Waals surface area contributed by atoms with Gasteiger partial charge in [0, 0.05) is 13.0 Å². The topological polar surface area (TPSA) is 106 Å². The van der Waals surface area contributed by atoms with Gasteiger partial charge in [-0.05, 0) is 6.92 Å². The predicted molar refractivity (Wildman–Crippen MR) is 55.4 cm³/mol. The van der Waals surface area contributed by atoms with Crippen LogP contribution in [0.1, 0.15) is 19.7 Å². The molecule has 0 fully saturated rings. The van der Waals surface area contributed by atoms with E-state index in [0.29, 0.717) is 18.8 Å². The summed E-state index contributed by atoms with van der Waals surface area (Å²) in [5, 5.41) is 6.12. The Labute approximate surface area is 93.4 Å². The highest BCUT2D eigenvalue weighted by molar-refractivity contribution is 7.62. The summed E-state index contributed by atoms with van der Waals surface area (Å²) in [6, 6.07) is -1.01. The zero-order valence-corrected chi connectivity index (χ0v) is 9.65. The number of anilines is 1.